The average Bonchev–Trinajstić information content (AvgIpc) is 3.61. The minimum atomic E-state index is 0.435. The number of benzene rings is 1. The van der Waals surface area contributed by atoms with E-state index in [1.165, 1.54) is 12.8 Å². The van der Waals surface area contributed by atoms with Crippen LogP contribution in [0.3, 0.4) is 0 Å². The topological polar surface area (TPSA) is 90.8 Å². The van der Waals surface area contributed by atoms with Crippen LogP contribution in [0.2, 0.25) is 0 Å². The second-order valence-corrected chi connectivity index (χ2v) is 10.3. The molecule has 0 bridgehead atoms. The van der Waals surface area contributed by atoms with Crippen LogP contribution in [-0.2, 0) is 0 Å². The molecule has 9 nitrogen and oxygen atoms in total. The van der Waals surface area contributed by atoms with Gasteiger partial charge in [-0.2, -0.15) is 0 Å². The lowest BCUT2D eigenvalue weighted by atomic mass is 10.1. The molecule has 38 heavy (non-hydrogen) atoms. The molecule has 0 radical (unpaired) electrons. The van der Waals surface area contributed by atoms with Crippen LogP contribution in [0, 0.1) is 0 Å². The Labute approximate surface area is 221 Å². The van der Waals surface area contributed by atoms with E-state index < -0.39 is 0 Å². The summed E-state index contributed by atoms with van der Waals surface area (Å²) in [5, 5.41) is 3.52. The Balaban J connectivity index is 1.19. The van der Waals surface area contributed by atoms with E-state index in [0.717, 1.165) is 96.2 Å². The minimum absolute atomic E-state index is 0.435. The highest BCUT2D eigenvalue weighted by Gasteiger charge is 2.19. The maximum atomic E-state index is 5.04. The number of fused-ring (bicyclic) bond motifs is 2. The van der Waals surface area contributed by atoms with E-state index >= 15 is 0 Å². The average molecular weight is 508 g/mol. The van der Waals surface area contributed by atoms with Gasteiger partial charge in [-0.15, -0.1) is 0 Å². The predicted molar refractivity (Wildman–Crippen MR) is 151 cm³/mol. The second-order valence-electron chi connectivity index (χ2n) is 10.3. The van der Waals surface area contributed by atoms with E-state index in [2.05, 4.69) is 71.9 Å². The highest BCUT2D eigenvalue weighted by Crippen LogP contribution is 2.32. The number of aromatic amines is 1. The van der Waals surface area contributed by atoms with Crippen molar-refractivity contribution < 1.29 is 0 Å². The van der Waals surface area contributed by atoms with Gasteiger partial charge in [0, 0.05) is 62.3 Å². The van der Waals surface area contributed by atoms with E-state index in [1.54, 1.807) is 0 Å². The third-order valence-electron chi connectivity index (χ3n) is 8.12. The van der Waals surface area contributed by atoms with Gasteiger partial charge in [-0.25, -0.2) is 19.9 Å². The molecule has 0 spiro atoms. The molecule has 0 saturated carbocycles. The molecule has 5 aromatic rings. The number of aromatic nitrogens is 6. The predicted octanol–water partition coefficient (Wildman–Crippen LogP) is 4.10. The number of anilines is 1. The Morgan fingerprint density at radius 2 is 1.87 bits per heavy atom. The monoisotopic (exact) mass is 507 g/mol. The Morgan fingerprint density at radius 1 is 0.974 bits per heavy atom. The number of hydrogen-bond donors (Lipinski definition) is 2. The summed E-state index contributed by atoms with van der Waals surface area (Å²) >= 11 is 0. The largest absolute Gasteiger partial charge is 0.354 e. The van der Waals surface area contributed by atoms with Gasteiger partial charge in [0.05, 0.1) is 29.3 Å². The molecular weight excluding hydrogens is 474 g/mol. The fourth-order valence-corrected chi connectivity index (χ4v) is 5.82. The summed E-state index contributed by atoms with van der Waals surface area (Å²) in [5.41, 5.74) is 7.79. The molecule has 1 atom stereocenters. The van der Waals surface area contributed by atoms with Gasteiger partial charge in [0.25, 0.3) is 0 Å². The molecule has 2 N–H and O–H groups in total. The third-order valence-corrected chi connectivity index (χ3v) is 8.12. The molecule has 7 rings (SSSR count). The van der Waals surface area contributed by atoms with Crippen molar-refractivity contribution in [2.45, 2.75) is 25.8 Å². The van der Waals surface area contributed by atoms with E-state index in [-0.39, 0.29) is 0 Å². The van der Waals surface area contributed by atoms with Gasteiger partial charge in [-0.05, 0) is 55.8 Å². The number of nitrogens with zero attached hydrogens (tertiary/aromatic N) is 7. The van der Waals surface area contributed by atoms with Gasteiger partial charge in [0.1, 0.15) is 11.3 Å². The second kappa shape index (κ2) is 9.81. The molecule has 2 aliphatic rings. The van der Waals surface area contributed by atoms with Gasteiger partial charge < -0.3 is 24.7 Å². The molecule has 194 valence electrons. The molecule has 9 heteroatoms. The number of piperidine rings is 1. The van der Waals surface area contributed by atoms with E-state index in [9.17, 15) is 0 Å². The summed E-state index contributed by atoms with van der Waals surface area (Å²) in [4.78, 5) is 27.3. The number of likely N-dealkylation sites (N-methyl/N-ethyl adjacent to an activating group) is 1. The van der Waals surface area contributed by atoms with Crippen LogP contribution in [0.4, 0.5) is 5.82 Å². The number of rotatable bonds is 5. The van der Waals surface area contributed by atoms with E-state index in [4.69, 9.17) is 9.97 Å². The summed E-state index contributed by atoms with van der Waals surface area (Å²) in [6.45, 7) is 9.61. The van der Waals surface area contributed by atoms with Crippen molar-refractivity contribution in [1.82, 2.24) is 39.7 Å². The normalized spacial score (nSPS) is 19.0. The van der Waals surface area contributed by atoms with Crippen molar-refractivity contribution in [2.24, 2.45) is 0 Å². The SMILES string of the molecule is CCN1CCN(c2ccc(-c3cnc4[nH]cc(-c5ccc6ncn(C7CCCNC7)c6c5)c4n3)cn2)CC1. The first kappa shape index (κ1) is 23.3. The fourth-order valence-electron chi connectivity index (χ4n) is 5.82. The lowest BCUT2D eigenvalue weighted by Crippen LogP contribution is -2.46. The number of H-pyrrole nitrogens is 1. The molecule has 1 aromatic carbocycles. The lowest BCUT2D eigenvalue weighted by Gasteiger charge is -2.34. The zero-order chi connectivity index (χ0) is 25.5. The van der Waals surface area contributed by atoms with Crippen LogP contribution < -0.4 is 10.2 Å². The van der Waals surface area contributed by atoms with Crippen LogP contribution in [0.1, 0.15) is 25.8 Å². The number of nitrogens with one attached hydrogen (secondary N) is 2. The highest BCUT2D eigenvalue weighted by molar-refractivity contribution is 5.94. The van der Waals surface area contributed by atoms with Crippen LogP contribution in [0.15, 0.2) is 55.2 Å². The summed E-state index contributed by atoms with van der Waals surface area (Å²) < 4.78 is 2.33. The first-order valence-electron chi connectivity index (χ1n) is 13.7. The van der Waals surface area contributed by atoms with Crippen molar-refractivity contribution in [3.8, 4) is 22.4 Å². The summed E-state index contributed by atoms with van der Waals surface area (Å²) in [6.07, 6.45) is 10.1. The number of pyridine rings is 1. The summed E-state index contributed by atoms with van der Waals surface area (Å²) in [5.74, 6) is 1.03. The van der Waals surface area contributed by atoms with Crippen LogP contribution in [0.25, 0.3) is 44.6 Å². The van der Waals surface area contributed by atoms with Crippen molar-refractivity contribution in [3.63, 3.8) is 0 Å². The quantitative estimate of drug-likeness (QED) is 0.370. The molecular formula is C29H33N9. The van der Waals surface area contributed by atoms with Crippen molar-refractivity contribution in [1.29, 1.82) is 0 Å². The molecule has 4 aromatic heterocycles. The standard InChI is InChI=1S/C29H33N9/c1-2-36-10-12-37(13-11-36)27-8-6-21(15-31-27)25-18-33-29-28(35-25)23(17-32-29)20-5-7-24-26(14-20)38(19-34-24)22-4-3-9-30-16-22/h5-8,14-15,17-19,22,30H,2-4,9-13,16H2,1H3,(H,32,33). The van der Waals surface area contributed by atoms with Gasteiger partial charge >= 0.3 is 0 Å². The van der Waals surface area contributed by atoms with Gasteiger partial charge in [0.15, 0.2) is 5.65 Å². The van der Waals surface area contributed by atoms with Gasteiger partial charge in [0.2, 0.25) is 0 Å². The maximum Gasteiger partial charge on any atom is 0.156 e. The summed E-state index contributed by atoms with van der Waals surface area (Å²) in [6, 6.07) is 11.1. The van der Waals surface area contributed by atoms with Crippen molar-refractivity contribution >= 4 is 28.0 Å². The van der Waals surface area contributed by atoms with Crippen LogP contribution in [-0.4, -0.2) is 80.2 Å². The number of imidazole rings is 1. The molecule has 0 aliphatic carbocycles. The Hall–Kier alpha value is -3.82. The Morgan fingerprint density at radius 3 is 2.66 bits per heavy atom. The Kier molecular flexibility index (Phi) is 6.02. The van der Waals surface area contributed by atoms with Gasteiger partial charge in [-0.1, -0.05) is 13.0 Å². The van der Waals surface area contributed by atoms with E-state index in [0.29, 0.717) is 6.04 Å². The maximum absolute atomic E-state index is 5.04. The molecule has 2 saturated heterocycles. The third kappa shape index (κ3) is 4.21. The molecule has 6 heterocycles. The molecule has 1 unspecified atom stereocenters. The number of hydrogen-bond acceptors (Lipinski definition) is 7. The molecule has 2 aliphatic heterocycles. The van der Waals surface area contributed by atoms with Gasteiger partial charge in [-0.3, -0.25) is 0 Å². The summed E-state index contributed by atoms with van der Waals surface area (Å²) in [7, 11) is 0. The zero-order valence-corrected chi connectivity index (χ0v) is 21.8. The van der Waals surface area contributed by atoms with E-state index in [1.807, 2.05) is 24.9 Å². The van der Waals surface area contributed by atoms with Crippen molar-refractivity contribution in [3.05, 3.63) is 55.2 Å². The number of piperazine rings is 1. The fraction of sp³-hybridized carbons (Fsp3) is 0.379. The van der Waals surface area contributed by atoms with Crippen LogP contribution >= 0.6 is 0 Å². The van der Waals surface area contributed by atoms with Crippen molar-refractivity contribution in [2.75, 3.05) is 50.7 Å². The Bertz CT molecular complexity index is 1550. The lowest BCUT2D eigenvalue weighted by molar-refractivity contribution is 0.270. The first-order valence-corrected chi connectivity index (χ1v) is 13.7. The minimum Gasteiger partial charge on any atom is -0.354 e. The zero-order valence-electron chi connectivity index (χ0n) is 21.8. The smallest absolute Gasteiger partial charge is 0.156 e. The highest BCUT2D eigenvalue weighted by atomic mass is 15.3. The molecule has 2 fully saturated rings. The first-order chi connectivity index (χ1) is 18.8. The molecule has 0 amide bonds. The van der Waals surface area contributed by atoms with Crippen LogP contribution in [0.5, 0.6) is 0 Å².